The second kappa shape index (κ2) is 8.16. The van der Waals surface area contributed by atoms with Gasteiger partial charge < -0.3 is 10.0 Å². The maximum absolute atomic E-state index is 13.8. The molecular formula is C21H33FNOPSi2. The number of phenolic OH excluding ortho intramolecular Hbond substituents is 1. The van der Waals surface area contributed by atoms with Crippen LogP contribution in [0.15, 0.2) is 30.3 Å². The molecule has 2 aromatic carbocycles. The third-order valence-corrected chi connectivity index (χ3v) is 10.0. The first-order valence-electron chi connectivity index (χ1n) is 9.37. The van der Waals surface area contributed by atoms with Gasteiger partial charge in [-0.15, -0.1) is 0 Å². The van der Waals surface area contributed by atoms with Gasteiger partial charge in [0.25, 0.3) is 0 Å². The first-order valence-corrected chi connectivity index (χ1v) is 17.4. The summed E-state index contributed by atoms with van der Waals surface area (Å²) in [6.45, 7) is 14.5. The lowest BCUT2D eigenvalue weighted by atomic mass is 10.2. The molecule has 0 bridgehead atoms. The van der Waals surface area contributed by atoms with Crippen LogP contribution in [-0.4, -0.2) is 40.2 Å². The summed E-state index contributed by atoms with van der Waals surface area (Å²) in [5, 5.41) is 15.7. The van der Waals surface area contributed by atoms with Crippen molar-refractivity contribution >= 4 is 45.7 Å². The third kappa shape index (κ3) is 5.74. The van der Waals surface area contributed by atoms with Crippen molar-refractivity contribution in [3.05, 3.63) is 41.7 Å². The van der Waals surface area contributed by atoms with Crippen LogP contribution in [0, 0.1) is 5.82 Å². The number of hydrogen-bond donors (Lipinski definition) is 1. The lowest BCUT2D eigenvalue weighted by Gasteiger charge is -2.26. The molecule has 27 heavy (non-hydrogen) atoms. The molecule has 0 amide bonds. The Kier molecular flexibility index (Phi) is 6.73. The smallest absolute Gasteiger partial charge is 0.123 e. The number of benzene rings is 2. The minimum absolute atomic E-state index is 0.205. The van der Waals surface area contributed by atoms with E-state index >= 15 is 0 Å². The molecule has 0 spiro atoms. The van der Waals surface area contributed by atoms with E-state index < -0.39 is 16.1 Å². The maximum Gasteiger partial charge on any atom is 0.123 e. The van der Waals surface area contributed by atoms with Gasteiger partial charge in [0, 0.05) is 11.8 Å². The molecule has 0 aliphatic heterocycles. The van der Waals surface area contributed by atoms with Crippen molar-refractivity contribution in [2.45, 2.75) is 45.8 Å². The Morgan fingerprint density at radius 1 is 0.926 bits per heavy atom. The highest BCUT2D eigenvalue weighted by Gasteiger charge is 2.27. The summed E-state index contributed by atoms with van der Waals surface area (Å²) in [7, 11) is 1.11. The number of hydrogen-bond acceptors (Lipinski definition) is 2. The Bertz CT molecular complexity index is 826. The van der Waals surface area contributed by atoms with Crippen molar-refractivity contribution in [3.8, 4) is 5.75 Å². The van der Waals surface area contributed by atoms with Crippen LogP contribution >= 0.6 is 8.58 Å². The van der Waals surface area contributed by atoms with E-state index in [0.29, 0.717) is 20.9 Å². The van der Waals surface area contributed by atoms with Gasteiger partial charge in [-0.3, -0.25) is 0 Å². The molecule has 0 fully saturated rings. The Balaban J connectivity index is 2.59. The van der Waals surface area contributed by atoms with Crippen molar-refractivity contribution in [1.82, 2.24) is 4.90 Å². The Morgan fingerprint density at radius 3 is 2.07 bits per heavy atom. The predicted molar refractivity (Wildman–Crippen MR) is 125 cm³/mol. The van der Waals surface area contributed by atoms with Gasteiger partial charge in [0.1, 0.15) is 11.6 Å². The Morgan fingerprint density at radius 2 is 1.56 bits per heavy atom. The molecule has 0 radical (unpaired) electrons. The van der Waals surface area contributed by atoms with E-state index in [1.807, 2.05) is 20.2 Å². The van der Waals surface area contributed by atoms with E-state index in [2.05, 4.69) is 56.3 Å². The zero-order valence-corrected chi connectivity index (χ0v) is 20.9. The number of halogens is 1. The third-order valence-electron chi connectivity index (χ3n) is 4.61. The van der Waals surface area contributed by atoms with E-state index in [1.54, 1.807) is 6.07 Å². The zero-order chi connectivity index (χ0) is 20.6. The topological polar surface area (TPSA) is 23.5 Å². The van der Waals surface area contributed by atoms with Crippen LogP contribution in [0.3, 0.4) is 0 Å². The monoisotopic (exact) mass is 421 g/mol. The molecule has 1 unspecified atom stereocenters. The van der Waals surface area contributed by atoms with Crippen LogP contribution in [0.1, 0.15) is 5.56 Å². The Hall–Kier alpha value is -1.01. The van der Waals surface area contributed by atoms with Crippen molar-refractivity contribution in [3.63, 3.8) is 0 Å². The second-order valence-electron chi connectivity index (χ2n) is 9.58. The summed E-state index contributed by atoms with van der Waals surface area (Å²) in [6.07, 6.45) is 0. The molecule has 2 aromatic rings. The highest BCUT2D eigenvalue weighted by atomic mass is 31.1. The minimum atomic E-state index is -1.68. The lowest BCUT2D eigenvalue weighted by molar-refractivity contribution is 0.402. The summed E-state index contributed by atoms with van der Waals surface area (Å²) < 4.78 is 13.8. The fourth-order valence-electron chi connectivity index (χ4n) is 3.04. The minimum Gasteiger partial charge on any atom is -0.507 e. The van der Waals surface area contributed by atoms with Crippen molar-refractivity contribution in [1.29, 1.82) is 0 Å². The van der Waals surface area contributed by atoms with E-state index in [4.69, 9.17) is 0 Å². The molecule has 2 rings (SSSR count). The zero-order valence-electron chi connectivity index (χ0n) is 17.9. The highest BCUT2D eigenvalue weighted by molar-refractivity contribution is 7.56. The van der Waals surface area contributed by atoms with E-state index in [-0.39, 0.29) is 5.82 Å². The standard InChI is InChI=1S/C21H33FNOPSi2/c1-23(2)14-15-11-16(22)9-10-18(15)25-19-12-17(26(3,4)5)13-20(21(19)24)27(6,7)8/h9-13,24-25H,14H2,1-8H3. The van der Waals surface area contributed by atoms with Crippen LogP contribution < -0.4 is 21.0 Å². The Labute approximate surface area is 167 Å². The van der Waals surface area contributed by atoms with Gasteiger partial charge in [0.05, 0.1) is 16.1 Å². The fraction of sp³-hybridized carbons (Fsp3) is 0.429. The molecule has 0 saturated heterocycles. The van der Waals surface area contributed by atoms with Gasteiger partial charge in [-0.05, 0) is 42.3 Å². The van der Waals surface area contributed by atoms with Crippen LogP contribution in [0.25, 0.3) is 0 Å². The van der Waals surface area contributed by atoms with Gasteiger partial charge in [0.2, 0.25) is 0 Å². The molecule has 1 N–H and O–H groups in total. The van der Waals surface area contributed by atoms with Crippen LogP contribution in [0.5, 0.6) is 5.75 Å². The molecule has 1 atom stereocenters. The molecule has 2 nitrogen and oxygen atoms in total. The van der Waals surface area contributed by atoms with Crippen LogP contribution in [0.2, 0.25) is 39.3 Å². The molecular weight excluding hydrogens is 388 g/mol. The van der Waals surface area contributed by atoms with Crippen molar-refractivity contribution in [2.24, 2.45) is 0 Å². The molecule has 0 saturated carbocycles. The molecule has 0 aliphatic carbocycles. The van der Waals surface area contributed by atoms with Gasteiger partial charge in [-0.1, -0.05) is 71.2 Å². The van der Waals surface area contributed by atoms with Crippen LogP contribution in [0.4, 0.5) is 4.39 Å². The number of phenols is 1. The SMILES string of the molecule is CN(C)Cc1cc(F)ccc1Pc1cc([Si](C)(C)C)cc([Si](C)(C)C)c1O. The van der Waals surface area contributed by atoms with E-state index in [1.165, 1.54) is 11.3 Å². The van der Waals surface area contributed by atoms with Gasteiger partial charge in [0.15, 0.2) is 0 Å². The molecule has 0 aromatic heterocycles. The molecule has 6 heteroatoms. The van der Waals surface area contributed by atoms with E-state index in [0.717, 1.165) is 21.4 Å². The lowest BCUT2D eigenvalue weighted by Crippen LogP contribution is -2.47. The first-order chi connectivity index (χ1) is 12.3. The summed E-state index contributed by atoms with van der Waals surface area (Å²) in [5.74, 6) is 0.248. The van der Waals surface area contributed by atoms with E-state index in [9.17, 15) is 9.50 Å². The predicted octanol–water partition coefficient (Wildman–Crippen LogP) is 3.31. The second-order valence-corrected chi connectivity index (χ2v) is 21.0. The normalized spacial score (nSPS) is 13.1. The number of nitrogens with zero attached hydrogens (tertiary/aromatic N) is 1. The van der Waals surface area contributed by atoms with Gasteiger partial charge >= 0.3 is 0 Å². The largest absolute Gasteiger partial charge is 0.507 e. The number of rotatable bonds is 6. The molecule has 0 heterocycles. The van der Waals surface area contributed by atoms with Gasteiger partial charge in [-0.2, -0.15) is 0 Å². The highest BCUT2D eigenvalue weighted by Crippen LogP contribution is 2.22. The number of aromatic hydroxyl groups is 1. The quantitative estimate of drug-likeness (QED) is 0.571. The average molecular weight is 422 g/mol. The fourth-order valence-corrected chi connectivity index (χ4v) is 7.29. The first kappa shape index (κ1) is 22.3. The molecule has 0 aliphatic rings. The van der Waals surface area contributed by atoms with Crippen molar-refractivity contribution in [2.75, 3.05) is 14.1 Å². The summed E-state index contributed by atoms with van der Waals surface area (Å²) in [4.78, 5) is 2.05. The van der Waals surface area contributed by atoms with Crippen LogP contribution in [-0.2, 0) is 6.54 Å². The summed E-state index contributed by atoms with van der Waals surface area (Å²) in [6, 6.07) is 9.49. The maximum atomic E-state index is 13.8. The van der Waals surface area contributed by atoms with Crippen molar-refractivity contribution < 1.29 is 9.50 Å². The summed E-state index contributed by atoms with van der Waals surface area (Å²) >= 11 is 0. The average Bonchev–Trinajstić information content (AvgIpc) is 2.48. The summed E-state index contributed by atoms with van der Waals surface area (Å²) in [5.41, 5.74) is 0.991. The van der Waals surface area contributed by atoms with Gasteiger partial charge in [-0.25, -0.2) is 4.39 Å². The molecule has 148 valence electrons.